The highest BCUT2D eigenvalue weighted by molar-refractivity contribution is 7.12. The fourth-order valence-electron chi connectivity index (χ4n) is 3.94. The Morgan fingerprint density at radius 1 is 0.903 bits per heavy atom. The standard InChI is InChI=1S/C24H26N2O3S2/c1-16-11-17(2)22(18(3)12-16)29-14-19-13-21(31-15-19)24(28)26-8-6-25(7-9-26)23(27)20-5-4-10-30-20/h4-5,10-13,15H,6-9,14H2,1-3H3. The first-order valence-corrected chi connectivity index (χ1v) is 12.1. The van der Waals surface area contributed by atoms with Crippen LogP contribution in [0.5, 0.6) is 5.75 Å². The number of hydrogen-bond donors (Lipinski definition) is 0. The monoisotopic (exact) mass is 454 g/mol. The number of hydrogen-bond acceptors (Lipinski definition) is 5. The molecule has 1 fully saturated rings. The Kier molecular flexibility index (Phi) is 6.43. The molecule has 2 aromatic heterocycles. The Morgan fingerprint density at radius 3 is 2.10 bits per heavy atom. The summed E-state index contributed by atoms with van der Waals surface area (Å²) in [4.78, 5) is 30.6. The van der Waals surface area contributed by atoms with Gasteiger partial charge in [-0.05, 0) is 54.8 Å². The van der Waals surface area contributed by atoms with Crippen LogP contribution in [0.15, 0.2) is 41.1 Å². The van der Waals surface area contributed by atoms with E-state index in [0.29, 0.717) is 37.7 Å². The zero-order chi connectivity index (χ0) is 22.0. The Balaban J connectivity index is 1.33. The molecule has 0 bridgehead atoms. The number of aryl methyl sites for hydroxylation is 3. The van der Waals surface area contributed by atoms with Crippen molar-refractivity contribution in [2.24, 2.45) is 0 Å². The van der Waals surface area contributed by atoms with E-state index in [9.17, 15) is 9.59 Å². The number of piperazine rings is 1. The largest absolute Gasteiger partial charge is 0.488 e. The molecule has 1 aliphatic rings. The van der Waals surface area contributed by atoms with Gasteiger partial charge in [0.15, 0.2) is 0 Å². The molecule has 162 valence electrons. The highest BCUT2D eigenvalue weighted by Crippen LogP contribution is 2.26. The number of amides is 2. The van der Waals surface area contributed by atoms with Crippen LogP contribution in [0.3, 0.4) is 0 Å². The van der Waals surface area contributed by atoms with E-state index in [1.54, 1.807) is 0 Å². The van der Waals surface area contributed by atoms with Crippen LogP contribution in [0.4, 0.5) is 0 Å². The summed E-state index contributed by atoms with van der Waals surface area (Å²) in [6.07, 6.45) is 0. The third kappa shape index (κ3) is 4.83. The predicted molar refractivity (Wildman–Crippen MR) is 125 cm³/mol. The summed E-state index contributed by atoms with van der Waals surface area (Å²) in [7, 11) is 0. The van der Waals surface area contributed by atoms with Crippen molar-refractivity contribution < 1.29 is 14.3 Å². The van der Waals surface area contributed by atoms with Gasteiger partial charge in [-0.25, -0.2) is 0 Å². The zero-order valence-corrected chi connectivity index (χ0v) is 19.6. The lowest BCUT2D eigenvalue weighted by molar-refractivity contribution is 0.0540. The number of carbonyl (C=O) groups excluding carboxylic acids is 2. The third-order valence-electron chi connectivity index (χ3n) is 5.44. The number of thiophene rings is 2. The van der Waals surface area contributed by atoms with Gasteiger partial charge in [-0.15, -0.1) is 22.7 Å². The molecule has 0 atom stereocenters. The lowest BCUT2D eigenvalue weighted by Gasteiger charge is -2.34. The maximum Gasteiger partial charge on any atom is 0.264 e. The third-order valence-corrected chi connectivity index (χ3v) is 7.26. The van der Waals surface area contributed by atoms with Crippen LogP contribution in [0.25, 0.3) is 0 Å². The Morgan fingerprint density at radius 2 is 1.52 bits per heavy atom. The lowest BCUT2D eigenvalue weighted by Crippen LogP contribution is -2.50. The van der Waals surface area contributed by atoms with E-state index in [2.05, 4.69) is 32.9 Å². The Labute approximate surface area is 190 Å². The van der Waals surface area contributed by atoms with Crippen molar-refractivity contribution in [1.29, 1.82) is 0 Å². The van der Waals surface area contributed by atoms with Crippen molar-refractivity contribution in [2.75, 3.05) is 26.2 Å². The second kappa shape index (κ2) is 9.24. The van der Waals surface area contributed by atoms with Gasteiger partial charge in [-0.1, -0.05) is 23.8 Å². The molecule has 2 amide bonds. The van der Waals surface area contributed by atoms with Crippen molar-refractivity contribution in [2.45, 2.75) is 27.4 Å². The fourth-order valence-corrected chi connectivity index (χ4v) is 5.49. The van der Waals surface area contributed by atoms with Crippen LogP contribution in [-0.4, -0.2) is 47.8 Å². The quantitative estimate of drug-likeness (QED) is 0.550. The molecular weight excluding hydrogens is 428 g/mol. The van der Waals surface area contributed by atoms with Crippen molar-refractivity contribution >= 4 is 34.5 Å². The smallest absolute Gasteiger partial charge is 0.264 e. The predicted octanol–water partition coefficient (Wildman–Crippen LogP) is 4.91. The number of rotatable bonds is 5. The Bertz CT molecular complexity index is 1060. The number of carbonyl (C=O) groups is 2. The molecule has 0 N–H and O–H groups in total. The van der Waals surface area contributed by atoms with Gasteiger partial charge < -0.3 is 14.5 Å². The van der Waals surface area contributed by atoms with Gasteiger partial charge in [-0.2, -0.15) is 0 Å². The van der Waals surface area contributed by atoms with Crippen molar-refractivity contribution in [3.8, 4) is 5.75 Å². The average Bonchev–Trinajstić information content (AvgIpc) is 3.44. The van der Waals surface area contributed by atoms with Crippen molar-refractivity contribution in [1.82, 2.24) is 9.80 Å². The molecule has 0 aliphatic carbocycles. The minimum absolute atomic E-state index is 0.0298. The number of ether oxygens (including phenoxy) is 1. The van der Waals surface area contributed by atoms with Crippen molar-refractivity contribution in [3.05, 3.63) is 73.1 Å². The van der Waals surface area contributed by atoms with E-state index in [-0.39, 0.29) is 11.8 Å². The van der Waals surface area contributed by atoms with Crippen LogP contribution in [0.2, 0.25) is 0 Å². The molecule has 0 spiro atoms. The summed E-state index contributed by atoms with van der Waals surface area (Å²) < 4.78 is 6.06. The van der Waals surface area contributed by atoms with E-state index in [1.165, 1.54) is 28.2 Å². The molecule has 0 saturated carbocycles. The van der Waals surface area contributed by atoms with Gasteiger partial charge in [-0.3, -0.25) is 9.59 Å². The number of nitrogens with zero attached hydrogens (tertiary/aromatic N) is 2. The van der Waals surface area contributed by atoms with E-state index < -0.39 is 0 Å². The molecule has 1 aliphatic heterocycles. The summed E-state index contributed by atoms with van der Waals surface area (Å²) >= 11 is 2.91. The van der Waals surface area contributed by atoms with Crippen LogP contribution in [0.1, 0.15) is 41.6 Å². The molecule has 4 rings (SSSR count). The molecule has 31 heavy (non-hydrogen) atoms. The first-order chi connectivity index (χ1) is 14.9. The molecule has 5 nitrogen and oxygen atoms in total. The average molecular weight is 455 g/mol. The van der Waals surface area contributed by atoms with Crippen LogP contribution < -0.4 is 4.74 Å². The fraction of sp³-hybridized carbons (Fsp3) is 0.333. The van der Waals surface area contributed by atoms with Gasteiger partial charge in [0, 0.05) is 31.7 Å². The van der Waals surface area contributed by atoms with E-state index in [0.717, 1.165) is 27.3 Å². The lowest BCUT2D eigenvalue weighted by atomic mass is 10.1. The van der Waals surface area contributed by atoms with Crippen LogP contribution in [-0.2, 0) is 6.61 Å². The molecule has 3 aromatic rings. The topological polar surface area (TPSA) is 49.9 Å². The summed E-state index contributed by atoms with van der Waals surface area (Å²) in [6.45, 7) is 8.88. The summed E-state index contributed by atoms with van der Waals surface area (Å²) in [5.41, 5.74) is 4.47. The Hall–Kier alpha value is -2.64. The maximum atomic E-state index is 12.9. The highest BCUT2D eigenvalue weighted by atomic mass is 32.1. The molecule has 0 unspecified atom stereocenters. The molecule has 1 aromatic carbocycles. The van der Waals surface area contributed by atoms with Crippen LogP contribution >= 0.6 is 22.7 Å². The maximum absolute atomic E-state index is 12.9. The van der Waals surface area contributed by atoms with Gasteiger partial charge in [0.05, 0.1) is 9.75 Å². The van der Waals surface area contributed by atoms with Crippen molar-refractivity contribution in [3.63, 3.8) is 0 Å². The summed E-state index contributed by atoms with van der Waals surface area (Å²) in [5.74, 6) is 0.998. The molecular formula is C24H26N2O3S2. The molecule has 3 heterocycles. The first-order valence-electron chi connectivity index (χ1n) is 10.3. The number of benzene rings is 1. The normalized spacial score (nSPS) is 14.0. The molecule has 0 radical (unpaired) electrons. The van der Waals surface area contributed by atoms with Gasteiger partial charge in [0.2, 0.25) is 0 Å². The van der Waals surface area contributed by atoms with E-state index in [4.69, 9.17) is 4.74 Å². The summed E-state index contributed by atoms with van der Waals surface area (Å²) in [5, 5.41) is 3.90. The molecule has 1 saturated heterocycles. The van der Waals surface area contributed by atoms with Gasteiger partial charge >= 0.3 is 0 Å². The van der Waals surface area contributed by atoms with Crippen LogP contribution in [0, 0.1) is 20.8 Å². The minimum atomic E-state index is 0.0298. The van der Waals surface area contributed by atoms with Gasteiger partial charge in [0.1, 0.15) is 12.4 Å². The highest BCUT2D eigenvalue weighted by Gasteiger charge is 2.26. The zero-order valence-electron chi connectivity index (χ0n) is 18.0. The molecule has 7 heteroatoms. The SMILES string of the molecule is Cc1cc(C)c(OCc2csc(C(=O)N3CCN(C(=O)c4cccs4)CC3)c2)c(C)c1. The summed E-state index contributed by atoms with van der Waals surface area (Å²) in [6, 6.07) is 9.90. The second-order valence-electron chi connectivity index (χ2n) is 7.90. The first kappa shape index (κ1) is 21.6. The second-order valence-corrected chi connectivity index (χ2v) is 9.76. The minimum Gasteiger partial charge on any atom is -0.488 e. The van der Waals surface area contributed by atoms with E-state index >= 15 is 0 Å². The van der Waals surface area contributed by atoms with Gasteiger partial charge in [0.25, 0.3) is 11.8 Å². The van der Waals surface area contributed by atoms with E-state index in [1.807, 2.05) is 38.8 Å².